The Morgan fingerprint density at radius 2 is 2.09 bits per heavy atom. The second-order valence-corrected chi connectivity index (χ2v) is 9.94. The number of anilines is 1. The van der Waals surface area contributed by atoms with Crippen molar-refractivity contribution in [2.24, 2.45) is 18.0 Å². The zero-order valence-electron chi connectivity index (χ0n) is 19.7. The molecule has 2 bridgehead atoms. The quantitative estimate of drug-likeness (QED) is 0.431. The minimum Gasteiger partial charge on any atom is -0.477 e. The van der Waals surface area contributed by atoms with Gasteiger partial charge in [0, 0.05) is 41.4 Å². The van der Waals surface area contributed by atoms with Gasteiger partial charge in [0.2, 0.25) is 5.88 Å². The molecule has 5 rings (SSSR count). The highest BCUT2D eigenvalue weighted by atomic mass is 79.9. The maximum atomic E-state index is 13.4. The summed E-state index contributed by atoms with van der Waals surface area (Å²) in [5, 5.41) is 4.38. The number of carbonyl (C=O) groups is 1. The van der Waals surface area contributed by atoms with Crippen molar-refractivity contribution in [1.82, 2.24) is 14.8 Å². The maximum Gasteiger partial charge on any atom is 0.278 e. The Bertz CT molecular complexity index is 1280. The lowest BCUT2D eigenvalue weighted by atomic mass is 9.99. The van der Waals surface area contributed by atoms with E-state index in [9.17, 15) is 4.79 Å². The number of aromatic nitrogens is 3. The first-order chi connectivity index (χ1) is 16.4. The van der Waals surface area contributed by atoms with E-state index in [0.717, 1.165) is 53.1 Å². The number of aliphatic imine (C=N–C) groups is 1. The van der Waals surface area contributed by atoms with Gasteiger partial charge in [0.15, 0.2) is 0 Å². The van der Waals surface area contributed by atoms with Gasteiger partial charge in [-0.15, -0.1) is 0 Å². The van der Waals surface area contributed by atoms with Gasteiger partial charge < -0.3 is 9.64 Å². The zero-order chi connectivity index (χ0) is 23.8. The van der Waals surface area contributed by atoms with Crippen molar-refractivity contribution in [3.63, 3.8) is 0 Å². The Balaban J connectivity index is 1.61. The van der Waals surface area contributed by atoms with Crippen molar-refractivity contribution in [3.05, 3.63) is 57.8 Å². The highest BCUT2D eigenvalue weighted by Gasteiger charge is 2.29. The van der Waals surface area contributed by atoms with Gasteiger partial charge in [-0.3, -0.25) is 9.78 Å². The largest absolute Gasteiger partial charge is 0.477 e. The highest BCUT2D eigenvalue weighted by Crippen LogP contribution is 2.35. The third kappa shape index (κ3) is 4.39. The van der Waals surface area contributed by atoms with Gasteiger partial charge >= 0.3 is 0 Å². The predicted octanol–water partition coefficient (Wildman–Crippen LogP) is 5.35. The first-order valence-electron chi connectivity index (χ1n) is 11.7. The molecule has 0 saturated heterocycles. The van der Waals surface area contributed by atoms with Crippen LogP contribution in [-0.2, 0) is 13.5 Å². The summed E-state index contributed by atoms with van der Waals surface area (Å²) in [7, 11) is 1.86. The van der Waals surface area contributed by atoms with E-state index in [0.29, 0.717) is 36.1 Å². The van der Waals surface area contributed by atoms with E-state index in [1.165, 1.54) is 5.56 Å². The summed E-state index contributed by atoms with van der Waals surface area (Å²) in [6.07, 6.45) is 5.40. The molecule has 1 amide bonds. The second-order valence-electron chi connectivity index (χ2n) is 9.03. The molecule has 0 N–H and O–H groups in total. The first kappa shape index (κ1) is 22.8. The molecule has 2 aliphatic rings. The summed E-state index contributed by atoms with van der Waals surface area (Å²) in [6.45, 7) is 5.53. The molecule has 0 saturated carbocycles. The summed E-state index contributed by atoms with van der Waals surface area (Å²) < 4.78 is 8.93. The number of rotatable bonds is 1. The molecule has 8 heteroatoms. The fraction of sp³-hybridized carbons (Fsp3) is 0.385. The number of aryl methyl sites for hydroxylation is 2. The van der Waals surface area contributed by atoms with Crippen LogP contribution < -0.4 is 9.64 Å². The number of carbonyl (C=O) groups excluding carboxylic acids is 1. The molecule has 3 aromatic rings. The smallest absolute Gasteiger partial charge is 0.278 e. The predicted molar refractivity (Wildman–Crippen MR) is 137 cm³/mol. The van der Waals surface area contributed by atoms with Crippen LogP contribution in [0.2, 0.25) is 0 Å². The number of ether oxygens (including phenoxy) is 1. The summed E-state index contributed by atoms with van der Waals surface area (Å²) in [4.78, 5) is 24.9. The summed E-state index contributed by atoms with van der Waals surface area (Å²) in [5.74, 6) is 1.67. The Labute approximate surface area is 208 Å². The molecule has 0 spiro atoms. The van der Waals surface area contributed by atoms with Crippen LogP contribution in [0.3, 0.4) is 0 Å². The van der Waals surface area contributed by atoms with E-state index in [1.807, 2.05) is 20.0 Å². The number of pyridine rings is 1. The SMILES string of the molecule is CC[C@@H]1CCCOc2c(cnn2C)-c2cc(cc(C)n2)C(=O)N=C2Cc3ccc(Br)cc3N2C1. The summed E-state index contributed by atoms with van der Waals surface area (Å²) in [6, 6.07) is 9.88. The van der Waals surface area contributed by atoms with E-state index in [-0.39, 0.29) is 5.91 Å². The Morgan fingerprint density at radius 1 is 1.24 bits per heavy atom. The molecule has 0 radical (unpaired) electrons. The van der Waals surface area contributed by atoms with E-state index in [4.69, 9.17) is 4.74 Å². The van der Waals surface area contributed by atoms with Crippen LogP contribution in [0.4, 0.5) is 5.69 Å². The lowest BCUT2D eigenvalue weighted by molar-refractivity contribution is 0.100. The number of nitrogens with zero attached hydrogens (tertiary/aromatic N) is 5. The van der Waals surface area contributed by atoms with Crippen LogP contribution in [0, 0.1) is 12.8 Å². The van der Waals surface area contributed by atoms with Crippen LogP contribution in [0.1, 0.15) is 47.8 Å². The van der Waals surface area contributed by atoms with Gasteiger partial charge in [-0.25, -0.2) is 4.68 Å². The monoisotopic (exact) mass is 521 g/mol. The molecule has 1 atom stereocenters. The second kappa shape index (κ2) is 9.33. The minimum atomic E-state index is -0.257. The molecule has 7 nitrogen and oxygen atoms in total. The number of benzene rings is 1. The fourth-order valence-corrected chi connectivity index (χ4v) is 5.10. The van der Waals surface area contributed by atoms with Gasteiger partial charge in [-0.05, 0) is 55.5 Å². The lowest BCUT2D eigenvalue weighted by Gasteiger charge is -2.26. The molecule has 34 heavy (non-hydrogen) atoms. The summed E-state index contributed by atoms with van der Waals surface area (Å²) in [5.41, 5.74) is 5.05. The molecule has 2 aliphatic heterocycles. The number of fused-ring (bicyclic) bond motifs is 7. The van der Waals surface area contributed by atoms with Crippen molar-refractivity contribution in [2.75, 3.05) is 18.1 Å². The van der Waals surface area contributed by atoms with Crippen LogP contribution in [-0.4, -0.2) is 39.7 Å². The maximum absolute atomic E-state index is 13.4. The van der Waals surface area contributed by atoms with Crippen molar-refractivity contribution in [3.8, 4) is 17.1 Å². The standard InChI is InChI=1S/C26H28BrN5O2/c1-4-17-6-5-9-34-26-21(14-28-31(26)3)22-11-19(10-16(2)29-22)25(33)30-24-12-18-7-8-20(27)13-23(18)32(24)15-17/h7-8,10-11,13-14,17H,4-6,9,12,15H2,1-3H3/t17-/m1/s1. The molecular formula is C26H28BrN5O2. The van der Waals surface area contributed by atoms with E-state index < -0.39 is 0 Å². The number of amides is 1. The number of halogens is 1. The van der Waals surface area contributed by atoms with Crippen molar-refractivity contribution >= 4 is 33.4 Å². The third-order valence-electron chi connectivity index (χ3n) is 6.60. The van der Waals surface area contributed by atoms with Gasteiger partial charge in [-0.1, -0.05) is 35.3 Å². The van der Waals surface area contributed by atoms with E-state index >= 15 is 0 Å². The van der Waals surface area contributed by atoms with Crippen LogP contribution in [0.5, 0.6) is 5.88 Å². The Hall–Kier alpha value is -3.00. The van der Waals surface area contributed by atoms with Gasteiger partial charge in [0.1, 0.15) is 5.84 Å². The fourth-order valence-electron chi connectivity index (χ4n) is 4.75. The number of hydrogen-bond donors (Lipinski definition) is 0. The third-order valence-corrected chi connectivity index (χ3v) is 7.10. The average molecular weight is 522 g/mol. The molecular weight excluding hydrogens is 494 g/mol. The minimum absolute atomic E-state index is 0.257. The van der Waals surface area contributed by atoms with Crippen LogP contribution >= 0.6 is 15.9 Å². The molecule has 1 aromatic carbocycles. The average Bonchev–Trinajstić information content (AvgIpc) is 3.34. The van der Waals surface area contributed by atoms with Crippen LogP contribution in [0.25, 0.3) is 11.3 Å². The van der Waals surface area contributed by atoms with E-state index in [1.54, 1.807) is 23.0 Å². The van der Waals surface area contributed by atoms with Crippen LogP contribution in [0.15, 0.2) is 46.0 Å². The van der Waals surface area contributed by atoms with Crippen molar-refractivity contribution in [2.45, 2.75) is 39.5 Å². The van der Waals surface area contributed by atoms with Crippen molar-refractivity contribution in [1.29, 1.82) is 0 Å². The van der Waals surface area contributed by atoms with Gasteiger partial charge in [0.05, 0.1) is 24.1 Å². The molecule has 0 aliphatic carbocycles. The van der Waals surface area contributed by atoms with Gasteiger partial charge in [0.25, 0.3) is 5.91 Å². The number of amidine groups is 1. The molecule has 0 unspecified atom stereocenters. The molecule has 0 fully saturated rings. The normalized spacial score (nSPS) is 18.2. The highest BCUT2D eigenvalue weighted by molar-refractivity contribution is 9.10. The number of hydrogen-bond acceptors (Lipinski definition) is 5. The summed E-state index contributed by atoms with van der Waals surface area (Å²) >= 11 is 3.61. The Kier molecular flexibility index (Phi) is 6.25. The molecule has 176 valence electrons. The first-order valence-corrected chi connectivity index (χ1v) is 12.5. The van der Waals surface area contributed by atoms with Crippen molar-refractivity contribution < 1.29 is 9.53 Å². The molecule has 4 heterocycles. The Morgan fingerprint density at radius 3 is 2.91 bits per heavy atom. The van der Waals surface area contributed by atoms with Gasteiger partial charge in [-0.2, -0.15) is 10.1 Å². The topological polar surface area (TPSA) is 72.6 Å². The molecule has 2 aromatic heterocycles. The lowest BCUT2D eigenvalue weighted by Crippen LogP contribution is -2.33. The van der Waals surface area contributed by atoms with E-state index in [2.05, 4.69) is 55.0 Å². The zero-order valence-corrected chi connectivity index (χ0v) is 21.3.